The zero-order chi connectivity index (χ0) is 31.1. The van der Waals surface area contributed by atoms with Crippen molar-refractivity contribution in [3.05, 3.63) is 17.6 Å². The van der Waals surface area contributed by atoms with Crippen LogP contribution in [-0.2, 0) is 25.0 Å². The van der Waals surface area contributed by atoms with Gasteiger partial charge in [0.25, 0.3) is 5.91 Å². The van der Waals surface area contributed by atoms with Crippen LogP contribution in [0.15, 0.2) is 6.20 Å². The second-order valence-corrected chi connectivity index (χ2v) is 15.0. The van der Waals surface area contributed by atoms with E-state index in [1.165, 1.54) is 4.31 Å². The summed E-state index contributed by atoms with van der Waals surface area (Å²) >= 11 is 0. The zero-order valence-electron chi connectivity index (χ0n) is 26.5. The largest absolute Gasteiger partial charge is 0.385 e. The minimum Gasteiger partial charge on any atom is -0.385 e. The predicted octanol–water partition coefficient (Wildman–Crippen LogP) is 1.79. The van der Waals surface area contributed by atoms with Gasteiger partial charge in [-0.2, -0.15) is 4.31 Å². The molecule has 0 aliphatic carbocycles. The number of aromatic nitrogens is 2. The van der Waals surface area contributed by atoms with Crippen molar-refractivity contribution in [3.63, 3.8) is 0 Å². The summed E-state index contributed by atoms with van der Waals surface area (Å²) < 4.78 is 31.2. The summed E-state index contributed by atoms with van der Waals surface area (Å²) in [5.74, 6) is 0.996. The van der Waals surface area contributed by atoms with Crippen LogP contribution in [0.1, 0.15) is 70.6 Å². The lowest BCUT2D eigenvalue weighted by Crippen LogP contribution is -2.57. The zero-order valence-corrected chi connectivity index (χ0v) is 27.3. The molecule has 1 aromatic heterocycles. The molecule has 42 heavy (non-hydrogen) atoms. The highest BCUT2D eigenvalue weighted by Gasteiger charge is 2.37. The Balaban J connectivity index is 1.79. The number of piperidine rings is 1. The van der Waals surface area contributed by atoms with Crippen LogP contribution in [0.4, 0.5) is 5.82 Å². The maximum Gasteiger partial charge on any atom is 0.259 e. The number of ether oxygens (including phenoxy) is 1. The topological polar surface area (TPSA) is 137 Å². The molecule has 2 amide bonds. The van der Waals surface area contributed by atoms with Crippen molar-refractivity contribution in [1.82, 2.24) is 29.4 Å². The number of piperazine rings is 1. The number of rotatable bonds is 12. The Bertz CT molecular complexity index is 1160. The molecule has 2 aliphatic heterocycles. The van der Waals surface area contributed by atoms with E-state index in [4.69, 9.17) is 9.72 Å². The van der Waals surface area contributed by atoms with Crippen LogP contribution in [0.2, 0.25) is 0 Å². The number of carbonyl (C=O) groups excluding carboxylic acids is 2. The van der Waals surface area contributed by atoms with Crippen LogP contribution in [-0.4, -0.2) is 122 Å². The van der Waals surface area contributed by atoms with Gasteiger partial charge < -0.3 is 25.2 Å². The molecule has 13 heteroatoms. The molecule has 0 bridgehead atoms. The third-order valence-electron chi connectivity index (χ3n) is 7.76. The molecule has 0 spiro atoms. The van der Waals surface area contributed by atoms with E-state index >= 15 is 0 Å². The summed E-state index contributed by atoms with van der Waals surface area (Å²) in [5.41, 5.74) is 0.137. The number of nitrogens with zero attached hydrogens (tertiary/aromatic N) is 5. The maximum absolute atomic E-state index is 14.2. The molecule has 3 rings (SSSR count). The first-order chi connectivity index (χ1) is 19.8. The number of sulfonamides is 1. The van der Waals surface area contributed by atoms with Crippen molar-refractivity contribution in [2.24, 2.45) is 11.8 Å². The SMILES string of the molecule is CCS(=O)(=O)N1CCN(C(=O)[C@H]2CNC[C@@H](N(CC(C)C)C(=O)c3cnc(C(C)(C)C)nc3NCCCOC)C2)CC1. The molecule has 2 saturated heterocycles. The molecule has 12 nitrogen and oxygen atoms in total. The Kier molecular flexibility index (Phi) is 12.1. The maximum atomic E-state index is 14.2. The Labute approximate surface area is 252 Å². The molecule has 1 aromatic rings. The van der Waals surface area contributed by atoms with Gasteiger partial charge in [0.1, 0.15) is 17.2 Å². The lowest BCUT2D eigenvalue weighted by Gasteiger charge is -2.41. The summed E-state index contributed by atoms with van der Waals surface area (Å²) in [6, 6.07) is -0.187. The van der Waals surface area contributed by atoms with Crippen LogP contribution in [0, 0.1) is 11.8 Å². The van der Waals surface area contributed by atoms with E-state index in [1.807, 2.05) is 25.7 Å². The smallest absolute Gasteiger partial charge is 0.259 e. The fourth-order valence-corrected chi connectivity index (χ4v) is 6.46. The number of nitrogens with one attached hydrogen (secondary N) is 2. The van der Waals surface area contributed by atoms with Crippen LogP contribution in [0.3, 0.4) is 0 Å². The van der Waals surface area contributed by atoms with Crippen LogP contribution < -0.4 is 10.6 Å². The monoisotopic (exact) mass is 609 g/mol. The van der Waals surface area contributed by atoms with Crippen LogP contribution >= 0.6 is 0 Å². The normalized spacial score (nSPS) is 20.5. The van der Waals surface area contributed by atoms with Gasteiger partial charge in [-0.25, -0.2) is 18.4 Å². The number of hydrogen-bond donors (Lipinski definition) is 2. The van der Waals surface area contributed by atoms with Gasteiger partial charge >= 0.3 is 0 Å². The van der Waals surface area contributed by atoms with Gasteiger partial charge in [0.15, 0.2) is 0 Å². The van der Waals surface area contributed by atoms with Crippen molar-refractivity contribution >= 4 is 27.7 Å². The minimum atomic E-state index is -3.27. The Morgan fingerprint density at radius 2 is 1.88 bits per heavy atom. The van der Waals surface area contributed by atoms with Crippen molar-refractivity contribution in [2.75, 3.05) is 77.1 Å². The first-order valence-electron chi connectivity index (χ1n) is 15.2. The summed E-state index contributed by atoms with van der Waals surface area (Å²) in [5, 5.41) is 6.73. The average molecular weight is 610 g/mol. The number of hydrogen-bond acceptors (Lipinski definition) is 9. The Hall–Kier alpha value is -2.35. The van der Waals surface area contributed by atoms with Crippen molar-refractivity contribution < 1.29 is 22.7 Å². The van der Waals surface area contributed by atoms with E-state index in [0.29, 0.717) is 82.6 Å². The highest BCUT2D eigenvalue weighted by Crippen LogP contribution is 2.26. The van der Waals surface area contributed by atoms with Gasteiger partial charge in [-0.3, -0.25) is 9.59 Å². The van der Waals surface area contributed by atoms with Gasteiger partial charge in [0.05, 0.1) is 11.7 Å². The van der Waals surface area contributed by atoms with E-state index in [0.717, 1.165) is 6.42 Å². The fourth-order valence-electron chi connectivity index (χ4n) is 5.38. The minimum absolute atomic E-state index is 0.0102. The van der Waals surface area contributed by atoms with Crippen LogP contribution in [0.25, 0.3) is 0 Å². The van der Waals surface area contributed by atoms with Crippen molar-refractivity contribution in [2.45, 2.75) is 65.8 Å². The molecule has 2 aliphatic rings. The van der Waals surface area contributed by atoms with Gasteiger partial charge in [0, 0.05) is 83.7 Å². The number of methoxy groups -OCH3 is 1. The predicted molar refractivity (Wildman–Crippen MR) is 164 cm³/mol. The molecule has 0 unspecified atom stereocenters. The number of anilines is 1. The number of carbonyl (C=O) groups is 2. The third kappa shape index (κ3) is 8.84. The van der Waals surface area contributed by atoms with Gasteiger partial charge in [-0.1, -0.05) is 34.6 Å². The third-order valence-corrected chi connectivity index (χ3v) is 9.64. The molecule has 2 N–H and O–H groups in total. The Morgan fingerprint density at radius 1 is 1.19 bits per heavy atom. The first kappa shape index (κ1) is 34.1. The van der Waals surface area contributed by atoms with Crippen molar-refractivity contribution in [1.29, 1.82) is 0 Å². The quantitative estimate of drug-likeness (QED) is 0.340. The molecule has 3 heterocycles. The summed E-state index contributed by atoms with van der Waals surface area (Å²) in [6.45, 7) is 16.1. The van der Waals surface area contributed by atoms with E-state index in [1.54, 1.807) is 25.1 Å². The number of amides is 2. The van der Waals surface area contributed by atoms with E-state index in [-0.39, 0.29) is 40.9 Å². The van der Waals surface area contributed by atoms with E-state index in [2.05, 4.69) is 29.5 Å². The highest BCUT2D eigenvalue weighted by molar-refractivity contribution is 7.89. The van der Waals surface area contributed by atoms with Gasteiger partial charge in [0.2, 0.25) is 15.9 Å². The second-order valence-electron chi connectivity index (χ2n) is 12.7. The average Bonchev–Trinajstić information content (AvgIpc) is 2.97. The van der Waals surface area contributed by atoms with E-state index < -0.39 is 10.0 Å². The fraction of sp³-hybridized carbons (Fsp3) is 0.793. The summed E-state index contributed by atoms with van der Waals surface area (Å²) in [7, 11) is -1.61. The molecule has 0 radical (unpaired) electrons. The van der Waals surface area contributed by atoms with Crippen molar-refractivity contribution in [3.8, 4) is 0 Å². The highest BCUT2D eigenvalue weighted by atomic mass is 32.2. The van der Waals surface area contributed by atoms with Crippen LogP contribution in [0.5, 0.6) is 0 Å². The molecule has 0 aromatic carbocycles. The molecule has 2 fully saturated rings. The molecular weight excluding hydrogens is 558 g/mol. The Morgan fingerprint density at radius 3 is 2.48 bits per heavy atom. The lowest BCUT2D eigenvalue weighted by molar-refractivity contribution is -0.137. The van der Waals surface area contributed by atoms with E-state index in [9.17, 15) is 18.0 Å². The molecule has 2 atom stereocenters. The second kappa shape index (κ2) is 14.9. The van der Waals surface area contributed by atoms with Gasteiger partial charge in [-0.15, -0.1) is 0 Å². The summed E-state index contributed by atoms with van der Waals surface area (Å²) in [4.78, 5) is 40.7. The molecular formula is C29H51N7O5S. The molecule has 0 saturated carbocycles. The first-order valence-corrected chi connectivity index (χ1v) is 16.8. The summed E-state index contributed by atoms with van der Waals surface area (Å²) in [6.07, 6.45) is 2.93. The van der Waals surface area contributed by atoms with Gasteiger partial charge in [-0.05, 0) is 25.7 Å². The standard InChI is InChI=1S/C29H51N7O5S/c1-8-42(39,40)35-13-11-34(12-14-35)26(37)22-16-23(18-30-17-22)36(20-21(2)3)27(38)24-19-32-28(29(4,5)6)33-25(24)31-10-9-15-41-7/h19,21-23,30H,8-18,20H2,1-7H3,(H,31,32,33)/t22-,23+/m1/s1. The molecule has 238 valence electrons. The lowest BCUT2D eigenvalue weighted by atomic mass is 9.92.